The second kappa shape index (κ2) is 7.94. The molecule has 7 heteroatoms. The highest BCUT2D eigenvalue weighted by Gasteiger charge is 2.08. The largest absolute Gasteiger partial charge is 0.351 e. The number of hydrogen-bond donors (Lipinski definition) is 2. The predicted molar refractivity (Wildman–Crippen MR) is 93.0 cm³/mol. The van der Waals surface area contributed by atoms with Crippen molar-refractivity contribution in [1.29, 1.82) is 0 Å². The zero-order valence-electron chi connectivity index (χ0n) is 13.1. The number of aromatic nitrogens is 2. The van der Waals surface area contributed by atoms with E-state index in [2.05, 4.69) is 15.3 Å². The van der Waals surface area contributed by atoms with Gasteiger partial charge >= 0.3 is 0 Å². The van der Waals surface area contributed by atoms with Gasteiger partial charge in [0.2, 0.25) is 5.91 Å². The summed E-state index contributed by atoms with van der Waals surface area (Å²) in [6, 6.07) is 12.4. The Balaban J connectivity index is 1.51. The van der Waals surface area contributed by atoms with Gasteiger partial charge in [0.25, 0.3) is 0 Å². The third-order valence-electron chi connectivity index (χ3n) is 3.48. The molecule has 0 bridgehead atoms. The van der Waals surface area contributed by atoms with Crippen LogP contribution >= 0.6 is 11.8 Å². The van der Waals surface area contributed by atoms with Crippen LogP contribution < -0.4 is 5.32 Å². The lowest BCUT2D eigenvalue weighted by Crippen LogP contribution is -2.25. The minimum atomic E-state index is -0.342. The Hall–Kier alpha value is -2.67. The molecule has 2 N–H and O–H groups in total. The van der Waals surface area contributed by atoms with Crippen LogP contribution in [0.5, 0.6) is 0 Å². The maximum atomic E-state index is 13.5. The topological polar surface area (TPSA) is 57.8 Å². The van der Waals surface area contributed by atoms with Crippen molar-refractivity contribution in [2.45, 2.75) is 11.7 Å². The fourth-order valence-corrected chi connectivity index (χ4v) is 2.85. The van der Waals surface area contributed by atoms with Gasteiger partial charge in [0.15, 0.2) is 5.16 Å². The number of amides is 1. The predicted octanol–water partition coefficient (Wildman–Crippen LogP) is 3.76. The Morgan fingerprint density at radius 1 is 1.12 bits per heavy atom. The number of benzene rings is 2. The standard InChI is InChI=1S/C18H15F2N3OS/c19-14-7-5-12(6-8-14)16-10-22-18(23-16)25-11-17(24)21-9-13-3-1-2-4-15(13)20/h1-8,10H,9,11H2,(H,21,24)(H,22,23). The van der Waals surface area contributed by atoms with E-state index in [1.165, 1.54) is 30.0 Å². The number of H-pyrrole nitrogens is 1. The number of carbonyl (C=O) groups is 1. The Kier molecular flexibility index (Phi) is 5.45. The van der Waals surface area contributed by atoms with Crippen molar-refractivity contribution in [2.75, 3.05) is 5.75 Å². The quantitative estimate of drug-likeness (QED) is 0.659. The van der Waals surface area contributed by atoms with E-state index in [0.717, 1.165) is 11.3 Å². The van der Waals surface area contributed by atoms with E-state index < -0.39 is 0 Å². The molecule has 0 saturated heterocycles. The first-order chi connectivity index (χ1) is 12.1. The third kappa shape index (κ3) is 4.67. The molecule has 2 aromatic carbocycles. The van der Waals surface area contributed by atoms with Crippen LogP contribution in [0.3, 0.4) is 0 Å². The van der Waals surface area contributed by atoms with Gasteiger partial charge < -0.3 is 10.3 Å². The number of imidazole rings is 1. The van der Waals surface area contributed by atoms with Crippen molar-refractivity contribution < 1.29 is 13.6 Å². The smallest absolute Gasteiger partial charge is 0.230 e. The van der Waals surface area contributed by atoms with E-state index in [1.807, 2.05) is 0 Å². The van der Waals surface area contributed by atoms with Crippen LogP contribution in [0.2, 0.25) is 0 Å². The van der Waals surface area contributed by atoms with Gasteiger partial charge in [-0.2, -0.15) is 0 Å². The number of aromatic amines is 1. The van der Waals surface area contributed by atoms with Crippen molar-refractivity contribution >= 4 is 17.7 Å². The lowest BCUT2D eigenvalue weighted by Gasteiger charge is -2.05. The first-order valence-corrected chi connectivity index (χ1v) is 8.54. The van der Waals surface area contributed by atoms with E-state index in [0.29, 0.717) is 10.7 Å². The van der Waals surface area contributed by atoms with Crippen molar-refractivity contribution in [2.24, 2.45) is 0 Å². The van der Waals surface area contributed by atoms with Crippen LogP contribution in [0, 0.1) is 11.6 Å². The molecule has 0 unspecified atom stereocenters. The molecule has 0 aliphatic carbocycles. The molecule has 0 spiro atoms. The van der Waals surface area contributed by atoms with Gasteiger partial charge in [-0.3, -0.25) is 4.79 Å². The van der Waals surface area contributed by atoms with Gasteiger partial charge in [0.1, 0.15) is 11.6 Å². The molecule has 0 radical (unpaired) electrons. The summed E-state index contributed by atoms with van der Waals surface area (Å²) in [7, 11) is 0. The fraction of sp³-hybridized carbons (Fsp3) is 0.111. The summed E-state index contributed by atoms with van der Waals surface area (Å²) in [5.41, 5.74) is 2.00. The van der Waals surface area contributed by atoms with Crippen molar-refractivity contribution in [3.05, 3.63) is 71.9 Å². The minimum Gasteiger partial charge on any atom is -0.351 e. The van der Waals surface area contributed by atoms with Crippen molar-refractivity contribution in [3.8, 4) is 11.3 Å². The first kappa shape index (κ1) is 17.2. The molecule has 0 aliphatic rings. The molecule has 0 atom stereocenters. The fourth-order valence-electron chi connectivity index (χ4n) is 2.17. The van der Waals surface area contributed by atoms with Gasteiger partial charge in [-0.25, -0.2) is 13.8 Å². The Morgan fingerprint density at radius 3 is 2.64 bits per heavy atom. The summed E-state index contributed by atoms with van der Waals surface area (Å²) in [5, 5.41) is 3.26. The molecule has 1 heterocycles. The van der Waals surface area contributed by atoms with Crippen LogP contribution in [-0.2, 0) is 11.3 Å². The average molecular weight is 359 g/mol. The lowest BCUT2D eigenvalue weighted by molar-refractivity contribution is -0.118. The molecule has 0 aliphatic heterocycles. The van der Waals surface area contributed by atoms with Gasteiger partial charge in [0.05, 0.1) is 17.6 Å². The number of nitrogens with zero attached hydrogens (tertiary/aromatic N) is 1. The highest BCUT2D eigenvalue weighted by Crippen LogP contribution is 2.21. The highest BCUT2D eigenvalue weighted by molar-refractivity contribution is 7.99. The van der Waals surface area contributed by atoms with E-state index in [1.54, 1.807) is 36.5 Å². The summed E-state index contributed by atoms with van der Waals surface area (Å²) < 4.78 is 26.4. The van der Waals surface area contributed by atoms with Crippen LogP contribution in [0.15, 0.2) is 59.9 Å². The molecular formula is C18H15F2N3OS. The molecule has 0 fully saturated rings. The molecule has 128 valence electrons. The zero-order chi connectivity index (χ0) is 17.6. The molecule has 3 rings (SSSR count). The van der Waals surface area contributed by atoms with Gasteiger partial charge in [0, 0.05) is 12.1 Å². The second-order valence-corrected chi connectivity index (χ2v) is 6.23. The first-order valence-electron chi connectivity index (χ1n) is 7.55. The summed E-state index contributed by atoms with van der Waals surface area (Å²) >= 11 is 1.24. The van der Waals surface area contributed by atoms with Crippen LogP contribution in [0.1, 0.15) is 5.56 Å². The molecule has 3 aromatic rings. The summed E-state index contributed by atoms with van der Waals surface area (Å²) in [6.07, 6.45) is 1.63. The van der Waals surface area contributed by atoms with Crippen molar-refractivity contribution in [1.82, 2.24) is 15.3 Å². The zero-order valence-corrected chi connectivity index (χ0v) is 13.9. The molecule has 1 aromatic heterocycles. The Morgan fingerprint density at radius 2 is 1.88 bits per heavy atom. The van der Waals surface area contributed by atoms with Gasteiger partial charge in [-0.15, -0.1) is 0 Å². The normalized spacial score (nSPS) is 10.6. The summed E-state index contributed by atoms with van der Waals surface area (Å²) in [6.45, 7) is 0.144. The summed E-state index contributed by atoms with van der Waals surface area (Å²) in [5.74, 6) is -0.701. The van der Waals surface area contributed by atoms with Gasteiger partial charge in [-0.1, -0.05) is 30.0 Å². The van der Waals surface area contributed by atoms with E-state index in [9.17, 15) is 13.6 Å². The highest BCUT2D eigenvalue weighted by atomic mass is 32.2. The Labute approximate surface area is 147 Å². The monoisotopic (exact) mass is 359 g/mol. The van der Waals surface area contributed by atoms with Crippen LogP contribution in [0.4, 0.5) is 8.78 Å². The van der Waals surface area contributed by atoms with E-state index >= 15 is 0 Å². The number of hydrogen-bond acceptors (Lipinski definition) is 3. The molecule has 1 amide bonds. The third-order valence-corrected chi connectivity index (χ3v) is 4.37. The van der Waals surface area contributed by atoms with Gasteiger partial charge in [-0.05, 0) is 35.9 Å². The number of rotatable bonds is 6. The van der Waals surface area contributed by atoms with Crippen LogP contribution in [0.25, 0.3) is 11.3 Å². The molecule has 0 saturated carbocycles. The van der Waals surface area contributed by atoms with Crippen LogP contribution in [-0.4, -0.2) is 21.6 Å². The lowest BCUT2D eigenvalue weighted by atomic mass is 10.2. The molecular weight excluding hydrogens is 344 g/mol. The maximum absolute atomic E-state index is 13.5. The average Bonchev–Trinajstić information content (AvgIpc) is 3.09. The number of halogens is 2. The van der Waals surface area contributed by atoms with E-state index in [-0.39, 0.29) is 29.8 Å². The summed E-state index contributed by atoms with van der Waals surface area (Å²) in [4.78, 5) is 19.1. The second-order valence-electron chi connectivity index (χ2n) is 5.27. The van der Waals surface area contributed by atoms with E-state index in [4.69, 9.17) is 0 Å². The SMILES string of the molecule is O=C(CSc1ncc(-c2ccc(F)cc2)[nH]1)NCc1ccccc1F. The Bertz CT molecular complexity index is 865. The molecule has 4 nitrogen and oxygen atoms in total. The number of nitrogens with one attached hydrogen (secondary N) is 2. The number of carbonyl (C=O) groups excluding carboxylic acids is 1. The minimum absolute atomic E-state index is 0.144. The van der Waals surface area contributed by atoms with Crippen molar-refractivity contribution in [3.63, 3.8) is 0 Å². The number of thioether (sulfide) groups is 1. The maximum Gasteiger partial charge on any atom is 0.230 e. The molecule has 25 heavy (non-hydrogen) atoms.